The molecule has 23 heavy (non-hydrogen) atoms. The molecule has 7 heteroatoms. The van der Waals surface area contributed by atoms with Gasteiger partial charge < -0.3 is 15.4 Å². The summed E-state index contributed by atoms with van der Waals surface area (Å²) in [7, 11) is 1.62. The van der Waals surface area contributed by atoms with E-state index in [-0.39, 0.29) is 0 Å². The molecule has 0 saturated carbocycles. The number of benzene rings is 1. The molecule has 0 atom stereocenters. The fraction of sp³-hybridized carbons (Fsp3) is 0.125. The van der Waals surface area contributed by atoms with Crippen LogP contribution in [0.4, 0.5) is 17.5 Å². The molecule has 2 heterocycles. The van der Waals surface area contributed by atoms with E-state index in [2.05, 4.69) is 30.8 Å². The molecule has 0 bridgehead atoms. The molecule has 0 aliphatic carbocycles. The molecule has 0 saturated heterocycles. The fourth-order valence-corrected chi connectivity index (χ4v) is 1.96. The summed E-state index contributed by atoms with van der Waals surface area (Å²) in [6.45, 7) is 0.568. The Bertz CT molecular complexity index is 765. The molecule has 116 valence electrons. The van der Waals surface area contributed by atoms with Gasteiger partial charge in [-0.05, 0) is 24.3 Å². The molecule has 7 nitrogen and oxygen atoms in total. The molecule has 0 unspecified atom stereocenters. The van der Waals surface area contributed by atoms with E-state index in [9.17, 15) is 0 Å². The fourth-order valence-electron chi connectivity index (χ4n) is 1.96. The molecule has 1 aromatic carbocycles. The van der Waals surface area contributed by atoms with E-state index < -0.39 is 0 Å². The molecule has 0 radical (unpaired) electrons. The highest BCUT2D eigenvalue weighted by atomic mass is 16.5. The minimum absolute atomic E-state index is 0.407. The summed E-state index contributed by atoms with van der Waals surface area (Å²) in [5.41, 5.74) is 1.75. The summed E-state index contributed by atoms with van der Waals surface area (Å²) in [5, 5.41) is 14.2. The Labute approximate surface area is 133 Å². The van der Waals surface area contributed by atoms with Crippen LogP contribution in [-0.2, 0) is 6.54 Å². The molecular weight excluding hydrogens is 292 g/mol. The third kappa shape index (κ3) is 4.13. The first-order valence-electron chi connectivity index (χ1n) is 7.08. The maximum Gasteiger partial charge on any atom is 0.249 e. The second-order valence-corrected chi connectivity index (χ2v) is 4.70. The molecule has 2 aromatic heterocycles. The van der Waals surface area contributed by atoms with Gasteiger partial charge in [0.25, 0.3) is 0 Å². The second kappa shape index (κ2) is 7.17. The molecule has 0 aliphatic heterocycles. The number of nitrogens with one attached hydrogen (secondary N) is 2. The number of methoxy groups -OCH3 is 1. The number of rotatable bonds is 6. The molecule has 3 aromatic rings. The first-order chi connectivity index (χ1) is 11.3. The van der Waals surface area contributed by atoms with Gasteiger partial charge in [0.2, 0.25) is 5.95 Å². The van der Waals surface area contributed by atoms with Crippen LogP contribution in [0.25, 0.3) is 0 Å². The molecule has 3 rings (SSSR count). The number of hydrogen-bond acceptors (Lipinski definition) is 7. The predicted molar refractivity (Wildman–Crippen MR) is 87.7 cm³/mol. The van der Waals surface area contributed by atoms with Crippen LogP contribution in [0.2, 0.25) is 0 Å². The summed E-state index contributed by atoms with van der Waals surface area (Å²) in [6, 6.07) is 13.3. The van der Waals surface area contributed by atoms with Gasteiger partial charge in [-0.1, -0.05) is 12.1 Å². The largest absolute Gasteiger partial charge is 0.497 e. The zero-order valence-corrected chi connectivity index (χ0v) is 12.6. The lowest BCUT2D eigenvalue weighted by molar-refractivity contribution is 0.415. The summed E-state index contributed by atoms with van der Waals surface area (Å²) < 4.78 is 5.19. The number of pyridine rings is 1. The van der Waals surface area contributed by atoms with Crippen LogP contribution < -0.4 is 15.4 Å². The number of aromatic nitrogens is 4. The van der Waals surface area contributed by atoms with Crippen molar-refractivity contribution in [1.82, 2.24) is 20.2 Å². The average Bonchev–Trinajstić information content (AvgIpc) is 2.61. The van der Waals surface area contributed by atoms with Crippen molar-refractivity contribution in [2.75, 3.05) is 17.7 Å². The Morgan fingerprint density at radius 3 is 2.91 bits per heavy atom. The van der Waals surface area contributed by atoms with Crippen molar-refractivity contribution in [3.63, 3.8) is 0 Å². The van der Waals surface area contributed by atoms with Crippen LogP contribution in [0.3, 0.4) is 0 Å². The summed E-state index contributed by atoms with van der Waals surface area (Å²) in [4.78, 5) is 8.62. The highest BCUT2D eigenvalue weighted by Gasteiger charge is 2.03. The highest BCUT2D eigenvalue weighted by Crippen LogP contribution is 2.19. The first kappa shape index (κ1) is 14.7. The standard InChI is InChI=1S/C16H16N6O/c1-23-14-7-4-6-12(9-14)20-16-21-15(11-19-22-16)18-10-13-5-2-3-8-17-13/h2-9,11H,10H2,1H3,(H2,18,20,21,22). The van der Waals surface area contributed by atoms with Crippen LogP contribution in [-0.4, -0.2) is 27.3 Å². The first-order valence-corrected chi connectivity index (χ1v) is 7.08. The van der Waals surface area contributed by atoms with Crippen molar-refractivity contribution in [2.45, 2.75) is 6.54 Å². The topological polar surface area (TPSA) is 84.9 Å². The normalized spacial score (nSPS) is 10.1. The predicted octanol–water partition coefficient (Wildman–Crippen LogP) is 2.63. The number of anilines is 3. The minimum atomic E-state index is 0.407. The van der Waals surface area contributed by atoms with E-state index in [0.29, 0.717) is 18.3 Å². The van der Waals surface area contributed by atoms with Gasteiger partial charge in [-0.2, -0.15) is 10.1 Å². The van der Waals surface area contributed by atoms with Gasteiger partial charge >= 0.3 is 0 Å². The Morgan fingerprint density at radius 2 is 2.09 bits per heavy atom. The van der Waals surface area contributed by atoms with Crippen LogP contribution >= 0.6 is 0 Å². The van der Waals surface area contributed by atoms with Gasteiger partial charge in [0.15, 0.2) is 5.82 Å². The number of nitrogens with zero attached hydrogens (tertiary/aromatic N) is 4. The van der Waals surface area contributed by atoms with Gasteiger partial charge in [0.1, 0.15) is 5.75 Å². The van der Waals surface area contributed by atoms with E-state index in [1.165, 1.54) is 0 Å². The minimum Gasteiger partial charge on any atom is -0.497 e. The Balaban J connectivity index is 1.67. The molecular formula is C16H16N6O. The second-order valence-electron chi connectivity index (χ2n) is 4.70. The number of ether oxygens (including phenoxy) is 1. The van der Waals surface area contributed by atoms with E-state index in [1.54, 1.807) is 19.5 Å². The Kier molecular flexibility index (Phi) is 4.58. The van der Waals surface area contributed by atoms with Gasteiger partial charge in [-0.3, -0.25) is 4.98 Å². The Morgan fingerprint density at radius 1 is 1.13 bits per heavy atom. The molecule has 0 spiro atoms. The molecule has 2 N–H and O–H groups in total. The zero-order chi connectivity index (χ0) is 15.9. The van der Waals surface area contributed by atoms with Crippen molar-refractivity contribution in [3.05, 3.63) is 60.6 Å². The van der Waals surface area contributed by atoms with Gasteiger partial charge in [0, 0.05) is 18.0 Å². The highest BCUT2D eigenvalue weighted by molar-refractivity contribution is 5.56. The summed E-state index contributed by atoms with van der Waals surface area (Å²) in [6.07, 6.45) is 3.32. The lowest BCUT2D eigenvalue weighted by atomic mass is 10.3. The van der Waals surface area contributed by atoms with Crippen molar-refractivity contribution >= 4 is 17.5 Å². The van der Waals surface area contributed by atoms with E-state index in [1.807, 2.05) is 42.5 Å². The quantitative estimate of drug-likeness (QED) is 0.724. The summed E-state index contributed by atoms with van der Waals surface area (Å²) in [5.74, 6) is 1.78. The SMILES string of the molecule is COc1cccc(Nc2nncc(NCc3ccccn3)n2)c1. The van der Waals surface area contributed by atoms with Gasteiger partial charge in [0.05, 0.1) is 25.5 Å². The number of hydrogen-bond donors (Lipinski definition) is 2. The monoisotopic (exact) mass is 308 g/mol. The molecule has 0 amide bonds. The maximum atomic E-state index is 5.19. The van der Waals surface area contributed by atoms with Crippen LogP contribution in [0.1, 0.15) is 5.69 Å². The van der Waals surface area contributed by atoms with Crippen LogP contribution in [0.5, 0.6) is 5.75 Å². The Hall–Kier alpha value is -3.22. The maximum absolute atomic E-state index is 5.19. The third-order valence-corrected chi connectivity index (χ3v) is 3.06. The van der Waals surface area contributed by atoms with Crippen molar-refractivity contribution in [1.29, 1.82) is 0 Å². The van der Waals surface area contributed by atoms with Crippen molar-refractivity contribution < 1.29 is 4.74 Å². The van der Waals surface area contributed by atoms with Crippen molar-refractivity contribution in [3.8, 4) is 5.75 Å². The summed E-state index contributed by atoms with van der Waals surface area (Å²) >= 11 is 0. The third-order valence-electron chi connectivity index (χ3n) is 3.06. The van der Waals surface area contributed by atoms with Gasteiger partial charge in [-0.25, -0.2) is 0 Å². The van der Waals surface area contributed by atoms with E-state index >= 15 is 0 Å². The van der Waals surface area contributed by atoms with Crippen LogP contribution in [0, 0.1) is 0 Å². The van der Waals surface area contributed by atoms with Gasteiger partial charge in [-0.15, -0.1) is 5.10 Å². The van der Waals surface area contributed by atoms with Crippen molar-refractivity contribution in [2.24, 2.45) is 0 Å². The molecule has 0 fully saturated rings. The smallest absolute Gasteiger partial charge is 0.249 e. The van der Waals surface area contributed by atoms with E-state index in [4.69, 9.17) is 4.74 Å². The van der Waals surface area contributed by atoms with Crippen LogP contribution in [0.15, 0.2) is 54.9 Å². The average molecular weight is 308 g/mol. The molecule has 0 aliphatic rings. The lowest BCUT2D eigenvalue weighted by Gasteiger charge is -2.08. The lowest BCUT2D eigenvalue weighted by Crippen LogP contribution is -2.06. The van der Waals surface area contributed by atoms with E-state index in [0.717, 1.165) is 17.1 Å². The zero-order valence-electron chi connectivity index (χ0n) is 12.6.